The Kier molecular flexibility index (Phi) is 5.45. The Morgan fingerprint density at radius 3 is 2.43 bits per heavy atom. The van der Waals surface area contributed by atoms with Crippen LogP contribution in [-0.2, 0) is 22.1 Å². The van der Waals surface area contributed by atoms with Crippen LogP contribution in [0.4, 0.5) is 22.0 Å². The molecule has 0 atom stereocenters. The molecule has 1 aromatic heterocycles. The van der Waals surface area contributed by atoms with Gasteiger partial charge < -0.3 is 9.47 Å². The van der Waals surface area contributed by atoms with Gasteiger partial charge in [-0.15, -0.1) is 0 Å². The minimum atomic E-state index is -4.97. The lowest BCUT2D eigenvalue weighted by molar-refractivity contribution is -0.144. The summed E-state index contributed by atoms with van der Waals surface area (Å²) in [5.74, 6) is -1.57. The van der Waals surface area contributed by atoms with Crippen molar-refractivity contribution in [1.29, 1.82) is 0 Å². The number of halogens is 5. The number of carbonyl (C=O) groups excluding carboxylic acids is 1. The third-order valence-electron chi connectivity index (χ3n) is 2.52. The Balaban J connectivity index is 3.47. The maximum absolute atomic E-state index is 13.1. The first kappa shape index (κ1) is 17.1. The van der Waals surface area contributed by atoms with E-state index in [2.05, 4.69) is 14.5 Å². The van der Waals surface area contributed by atoms with E-state index < -0.39 is 47.6 Å². The van der Waals surface area contributed by atoms with Crippen LogP contribution in [0.5, 0.6) is 5.75 Å². The number of rotatable bonds is 5. The Morgan fingerprint density at radius 1 is 1.38 bits per heavy atom. The molecule has 0 bridgehead atoms. The minimum absolute atomic E-state index is 0.0818. The maximum Gasteiger partial charge on any atom is 0.433 e. The van der Waals surface area contributed by atoms with E-state index in [9.17, 15) is 26.7 Å². The number of aromatic nitrogens is 1. The molecule has 4 nitrogen and oxygen atoms in total. The van der Waals surface area contributed by atoms with Crippen LogP contribution in [0.25, 0.3) is 0 Å². The third kappa shape index (κ3) is 4.02. The van der Waals surface area contributed by atoms with Crippen molar-refractivity contribution >= 4 is 5.97 Å². The molecule has 0 amide bonds. The summed E-state index contributed by atoms with van der Waals surface area (Å²) in [5.41, 5.74) is -3.49. The first-order chi connectivity index (χ1) is 9.72. The average molecular weight is 313 g/mol. The monoisotopic (exact) mass is 313 g/mol. The topological polar surface area (TPSA) is 48.4 Å². The molecule has 1 rings (SSSR count). The van der Waals surface area contributed by atoms with Crippen molar-refractivity contribution in [1.82, 2.24) is 4.98 Å². The maximum atomic E-state index is 13.1. The Morgan fingerprint density at radius 2 is 2.00 bits per heavy atom. The molecule has 21 heavy (non-hydrogen) atoms. The van der Waals surface area contributed by atoms with Crippen LogP contribution in [-0.4, -0.2) is 24.7 Å². The summed E-state index contributed by atoms with van der Waals surface area (Å²) in [4.78, 5) is 14.4. The zero-order valence-corrected chi connectivity index (χ0v) is 11.1. The predicted octanol–water partition coefficient (Wildman–Crippen LogP) is 3.15. The average Bonchev–Trinajstić information content (AvgIpc) is 2.36. The first-order valence-electron chi connectivity index (χ1n) is 5.79. The van der Waals surface area contributed by atoms with Crippen LogP contribution in [0.3, 0.4) is 0 Å². The fraction of sp³-hybridized carbons (Fsp3) is 0.500. The molecule has 0 saturated carbocycles. The standard InChI is InChI=1S/C12H12F5NO3/c1-3-21-8(19)4-6-9(11(13)14)7(20-2)5-18-10(6)12(15,16)17/h5,11H,3-4H2,1-2H3. The molecule has 0 fully saturated rings. The van der Waals surface area contributed by atoms with Gasteiger partial charge in [-0.3, -0.25) is 4.79 Å². The third-order valence-corrected chi connectivity index (χ3v) is 2.52. The summed E-state index contributed by atoms with van der Waals surface area (Å²) in [7, 11) is 1.02. The smallest absolute Gasteiger partial charge is 0.433 e. The van der Waals surface area contributed by atoms with Crippen molar-refractivity contribution in [2.75, 3.05) is 13.7 Å². The molecular formula is C12H12F5NO3. The van der Waals surface area contributed by atoms with Gasteiger partial charge in [-0.05, 0) is 6.92 Å². The van der Waals surface area contributed by atoms with Crippen LogP contribution in [0.15, 0.2) is 6.20 Å². The van der Waals surface area contributed by atoms with Crippen molar-refractivity contribution in [2.45, 2.75) is 25.9 Å². The second-order valence-electron chi connectivity index (χ2n) is 3.85. The zero-order chi connectivity index (χ0) is 16.2. The van der Waals surface area contributed by atoms with Crippen molar-refractivity contribution < 1.29 is 36.2 Å². The zero-order valence-electron chi connectivity index (χ0n) is 11.1. The second kappa shape index (κ2) is 6.68. The number of hydrogen-bond acceptors (Lipinski definition) is 4. The molecule has 0 aromatic carbocycles. The predicted molar refractivity (Wildman–Crippen MR) is 61.1 cm³/mol. The molecule has 0 spiro atoms. The number of nitrogens with zero attached hydrogens (tertiary/aromatic N) is 1. The lowest BCUT2D eigenvalue weighted by Gasteiger charge is -2.17. The van der Waals surface area contributed by atoms with Gasteiger partial charge in [-0.1, -0.05) is 0 Å². The van der Waals surface area contributed by atoms with E-state index >= 15 is 0 Å². The van der Waals surface area contributed by atoms with Gasteiger partial charge in [0.05, 0.1) is 31.9 Å². The molecule has 0 aliphatic rings. The molecular weight excluding hydrogens is 301 g/mol. The molecule has 0 aliphatic carbocycles. The minimum Gasteiger partial charge on any atom is -0.495 e. The number of hydrogen-bond donors (Lipinski definition) is 0. The van der Waals surface area contributed by atoms with Gasteiger partial charge in [-0.2, -0.15) is 13.2 Å². The molecule has 118 valence electrons. The highest BCUT2D eigenvalue weighted by atomic mass is 19.4. The SMILES string of the molecule is CCOC(=O)Cc1c(C(F)(F)F)ncc(OC)c1C(F)F. The van der Waals surface area contributed by atoms with Gasteiger partial charge in [0.2, 0.25) is 0 Å². The van der Waals surface area contributed by atoms with E-state index in [1.165, 1.54) is 6.92 Å². The van der Waals surface area contributed by atoms with Crippen molar-refractivity contribution in [3.8, 4) is 5.75 Å². The lowest BCUT2D eigenvalue weighted by atomic mass is 10.0. The van der Waals surface area contributed by atoms with Crippen LogP contribution >= 0.6 is 0 Å². The highest BCUT2D eigenvalue weighted by molar-refractivity contribution is 5.74. The fourth-order valence-corrected chi connectivity index (χ4v) is 1.73. The van der Waals surface area contributed by atoms with E-state index in [1.807, 2.05) is 0 Å². The van der Waals surface area contributed by atoms with Gasteiger partial charge in [0.25, 0.3) is 6.43 Å². The normalized spacial score (nSPS) is 11.6. The molecule has 1 aromatic rings. The summed E-state index contributed by atoms with van der Waals surface area (Å²) >= 11 is 0. The molecule has 0 aliphatic heterocycles. The molecule has 0 unspecified atom stereocenters. The van der Waals surface area contributed by atoms with Gasteiger partial charge in [0.15, 0.2) is 0 Å². The number of alkyl halides is 5. The fourth-order valence-electron chi connectivity index (χ4n) is 1.73. The van der Waals surface area contributed by atoms with E-state index in [1.54, 1.807) is 0 Å². The molecule has 0 N–H and O–H groups in total. The van der Waals surface area contributed by atoms with E-state index in [4.69, 9.17) is 0 Å². The van der Waals surface area contributed by atoms with Crippen LogP contribution < -0.4 is 4.74 Å². The summed E-state index contributed by atoms with van der Waals surface area (Å²) < 4.78 is 73.8. The largest absolute Gasteiger partial charge is 0.495 e. The molecule has 0 saturated heterocycles. The molecule has 9 heteroatoms. The highest BCUT2D eigenvalue weighted by Crippen LogP contribution is 2.39. The molecule has 0 radical (unpaired) electrons. The first-order valence-corrected chi connectivity index (χ1v) is 5.79. The number of methoxy groups -OCH3 is 1. The number of esters is 1. The highest BCUT2D eigenvalue weighted by Gasteiger charge is 2.39. The van der Waals surface area contributed by atoms with Crippen LogP contribution in [0.1, 0.15) is 30.2 Å². The van der Waals surface area contributed by atoms with Crippen molar-refractivity contribution in [3.05, 3.63) is 23.0 Å². The summed E-state index contributed by atoms with van der Waals surface area (Å²) in [6.45, 7) is 1.36. The summed E-state index contributed by atoms with van der Waals surface area (Å²) in [6.07, 6.45) is -8.64. The Hall–Kier alpha value is -1.93. The van der Waals surface area contributed by atoms with E-state index in [0.29, 0.717) is 6.20 Å². The second-order valence-corrected chi connectivity index (χ2v) is 3.85. The van der Waals surface area contributed by atoms with E-state index in [0.717, 1.165) is 7.11 Å². The number of ether oxygens (including phenoxy) is 2. The van der Waals surface area contributed by atoms with E-state index in [-0.39, 0.29) is 6.61 Å². The van der Waals surface area contributed by atoms with Gasteiger partial charge >= 0.3 is 12.1 Å². The Labute approximate surface area is 116 Å². The number of carbonyl (C=O) groups is 1. The summed E-state index contributed by atoms with van der Waals surface area (Å²) in [6, 6.07) is 0. The number of pyridine rings is 1. The van der Waals surface area contributed by atoms with Gasteiger partial charge in [-0.25, -0.2) is 13.8 Å². The van der Waals surface area contributed by atoms with Crippen LogP contribution in [0, 0.1) is 0 Å². The van der Waals surface area contributed by atoms with Crippen molar-refractivity contribution in [2.24, 2.45) is 0 Å². The summed E-state index contributed by atoms with van der Waals surface area (Å²) in [5, 5.41) is 0. The molecule has 1 heterocycles. The quantitative estimate of drug-likeness (QED) is 0.619. The van der Waals surface area contributed by atoms with Crippen LogP contribution in [0.2, 0.25) is 0 Å². The Bertz CT molecular complexity index is 516. The van der Waals surface area contributed by atoms with Gasteiger partial charge in [0.1, 0.15) is 11.4 Å². The van der Waals surface area contributed by atoms with Crippen molar-refractivity contribution in [3.63, 3.8) is 0 Å². The lowest BCUT2D eigenvalue weighted by Crippen LogP contribution is -2.19. The van der Waals surface area contributed by atoms with Gasteiger partial charge in [0, 0.05) is 5.56 Å².